The molecule has 0 fully saturated rings. The molecule has 0 saturated carbocycles. The lowest BCUT2D eigenvalue weighted by Crippen LogP contribution is -2.41. The summed E-state index contributed by atoms with van der Waals surface area (Å²) in [6, 6.07) is 22.6. The maximum absolute atomic E-state index is 13.6. The fourth-order valence-corrected chi connectivity index (χ4v) is 6.82. The van der Waals surface area contributed by atoms with Crippen LogP contribution in [0.2, 0.25) is 0 Å². The van der Waals surface area contributed by atoms with Gasteiger partial charge in [-0.15, -0.1) is 0 Å². The molecule has 0 heterocycles. The standard InChI is InChI=1S/C29H38N2O7S2/c1-21(2)37-27(19-23-13-8-6-9-14-23)30-39(32,33)25-17-12-18-26(29(25)36-5)40(34,35)31-28(38-22(3)4)20-24-15-10-7-11-16-24/h6-18,21-22,27-28,30-31H,19-20H2,1-5H3. The van der Waals surface area contributed by atoms with Crippen molar-refractivity contribution < 1.29 is 31.0 Å². The molecule has 9 nitrogen and oxygen atoms in total. The van der Waals surface area contributed by atoms with Gasteiger partial charge in [0.2, 0.25) is 20.0 Å². The summed E-state index contributed by atoms with van der Waals surface area (Å²) >= 11 is 0. The van der Waals surface area contributed by atoms with Crippen molar-refractivity contribution in [1.29, 1.82) is 0 Å². The number of nitrogens with one attached hydrogen (secondary N) is 2. The van der Waals surface area contributed by atoms with Gasteiger partial charge in [-0.25, -0.2) is 16.8 Å². The predicted molar refractivity (Wildman–Crippen MR) is 154 cm³/mol. The number of benzene rings is 3. The van der Waals surface area contributed by atoms with Crippen LogP contribution in [0.1, 0.15) is 38.8 Å². The summed E-state index contributed by atoms with van der Waals surface area (Å²) < 4.78 is 76.5. The Balaban J connectivity index is 1.93. The third-order valence-electron chi connectivity index (χ3n) is 5.70. The minimum absolute atomic E-state index is 0.267. The summed E-state index contributed by atoms with van der Waals surface area (Å²) in [6.07, 6.45) is -1.79. The van der Waals surface area contributed by atoms with E-state index < -0.39 is 32.5 Å². The van der Waals surface area contributed by atoms with E-state index in [1.165, 1.54) is 25.3 Å². The lowest BCUT2D eigenvalue weighted by Gasteiger charge is -2.24. The van der Waals surface area contributed by atoms with E-state index in [2.05, 4.69) is 9.44 Å². The fraction of sp³-hybridized carbons (Fsp3) is 0.379. The van der Waals surface area contributed by atoms with Gasteiger partial charge >= 0.3 is 0 Å². The largest absolute Gasteiger partial charge is 0.494 e. The van der Waals surface area contributed by atoms with Crippen LogP contribution in [0.25, 0.3) is 0 Å². The zero-order valence-corrected chi connectivity index (χ0v) is 25.0. The highest BCUT2D eigenvalue weighted by Gasteiger charge is 2.31. The summed E-state index contributed by atoms with van der Waals surface area (Å²) in [5.74, 6) is -0.312. The maximum atomic E-state index is 13.6. The summed E-state index contributed by atoms with van der Waals surface area (Å²) in [4.78, 5) is -0.652. The van der Waals surface area contributed by atoms with Crippen LogP contribution in [0.5, 0.6) is 5.75 Å². The minimum atomic E-state index is -4.27. The molecule has 0 saturated heterocycles. The second kappa shape index (κ2) is 14.2. The van der Waals surface area contributed by atoms with Crippen molar-refractivity contribution in [3.05, 3.63) is 90.0 Å². The summed E-state index contributed by atoms with van der Waals surface area (Å²) in [5, 5.41) is 0. The Morgan fingerprint density at radius 2 is 0.975 bits per heavy atom. The molecule has 0 aromatic heterocycles. The molecule has 2 N–H and O–H groups in total. The van der Waals surface area contributed by atoms with Crippen LogP contribution >= 0.6 is 0 Å². The molecule has 11 heteroatoms. The monoisotopic (exact) mass is 590 g/mol. The molecule has 2 atom stereocenters. The van der Waals surface area contributed by atoms with Gasteiger partial charge in [0, 0.05) is 12.8 Å². The number of methoxy groups -OCH3 is 1. The molecule has 0 aliphatic heterocycles. The quantitative estimate of drug-likeness (QED) is 0.254. The Bertz CT molecular complexity index is 1320. The summed E-state index contributed by atoms with van der Waals surface area (Å²) in [6.45, 7) is 7.21. The molecule has 0 radical (unpaired) electrons. The highest BCUT2D eigenvalue weighted by Crippen LogP contribution is 2.32. The van der Waals surface area contributed by atoms with E-state index in [0.717, 1.165) is 11.1 Å². The highest BCUT2D eigenvalue weighted by atomic mass is 32.2. The van der Waals surface area contributed by atoms with Gasteiger partial charge in [0.05, 0.1) is 19.3 Å². The average molecular weight is 591 g/mol. The van der Waals surface area contributed by atoms with Gasteiger partial charge in [-0.1, -0.05) is 66.7 Å². The lowest BCUT2D eigenvalue weighted by molar-refractivity contribution is 0.00176. The minimum Gasteiger partial charge on any atom is -0.494 e. The van der Waals surface area contributed by atoms with E-state index in [4.69, 9.17) is 14.2 Å². The van der Waals surface area contributed by atoms with E-state index in [-0.39, 0.29) is 40.6 Å². The number of sulfonamides is 2. The van der Waals surface area contributed by atoms with Crippen LogP contribution in [0.3, 0.4) is 0 Å². The fourth-order valence-electron chi connectivity index (χ4n) is 4.14. The first-order chi connectivity index (χ1) is 18.9. The zero-order valence-electron chi connectivity index (χ0n) is 23.4. The van der Waals surface area contributed by atoms with Gasteiger partial charge in [-0.05, 0) is 51.0 Å². The van der Waals surface area contributed by atoms with Crippen molar-refractivity contribution in [3.8, 4) is 5.75 Å². The third-order valence-corrected chi connectivity index (χ3v) is 8.65. The first-order valence-corrected chi connectivity index (χ1v) is 16.0. The lowest BCUT2D eigenvalue weighted by atomic mass is 10.1. The van der Waals surface area contributed by atoms with Crippen molar-refractivity contribution in [2.24, 2.45) is 0 Å². The summed E-state index contributed by atoms with van der Waals surface area (Å²) in [7, 11) is -7.31. The normalized spacial score (nSPS) is 13.9. The molecule has 3 aromatic carbocycles. The number of rotatable bonds is 15. The van der Waals surface area contributed by atoms with E-state index in [0.29, 0.717) is 0 Å². The van der Waals surface area contributed by atoms with Gasteiger partial charge in [0.25, 0.3) is 0 Å². The van der Waals surface area contributed by atoms with Crippen molar-refractivity contribution in [3.63, 3.8) is 0 Å². The first-order valence-electron chi connectivity index (χ1n) is 13.0. The van der Waals surface area contributed by atoms with Crippen LogP contribution in [-0.2, 0) is 42.4 Å². The predicted octanol–water partition coefficient (Wildman–Crippen LogP) is 4.24. The van der Waals surface area contributed by atoms with E-state index in [1.807, 2.05) is 60.7 Å². The van der Waals surface area contributed by atoms with Crippen molar-refractivity contribution in [2.45, 2.75) is 75.0 Å². The van der Waals surface area contributed by atoms with E-state index >= 15 is 0 Å². The zero-order chi connectivity index (χ0) is 29.3. The Morgan fingerprint density at radius 1 is 0.600 bits per heavy atom. The van der Waals surface area contributed by atoms with Crippen molar-refractivity contribution in [1.82, 2.24) is 9.44 Å². The molecule has 3 aromatic rings. The smallest absolute Gasteiger partial charge is 0.246 e. The van der Waals surface area contributed by atoms with E-state index in [9.17, 15) is 16.8 Å². The molecular weight excluding hydrogens is 552 g/mol. The van der Waals surface area contributed by atoms with Crippen LogP contribution in [0, 0.1) is 0 Å². The molecule has 40 heavy (non-hydrogen) atoms. The molecule has 2 unspecified atom stereocenters. The molecule has 0 aliphatic rings. The topological polar surface area (TPSA) is 120 Å². The number of hydrogen-bond acceptors (Lipinski definition) is 7. The number of ether oxygens (including phenoxy) is 3. The number of para-hydroxylation sites is 1. The highest BCUT2D eigenvalue weighted by molar-refractivity contribution is 7.90. The molecular formula is C29H38N2O7S2. The average Bonchev–Trinajstić information content (AvgIpc) is 2.88. The Hall–Kier alpha value is -2.80. The van der Waals surface area contributed by atoms with Crippen molar-refractivity contribution in [2.75, 3.05) is 7.11 Å². The van der Waals surface area contributed by atoms with Gasteiger partial charge in [0.1, 0.15) is 22.2 Å². The Kier molecular flexibility index (Phi) is 11.3. The van der Waals surface area contributed by atoms with Crippen LogP contribution in [-0.4, -0.2) is 48.6 Å². The van der Waals surface area contributed by atoms with Crippen LogP contribution in [0.15, 0.2) is 88.7 Å². The SMILES string of the molecule is COc1c(S(=O)(=O)NC(Cc2ccccc2)OC(C)C)cccc1S(=O)(=O)NC(Cc1ccccc1)OC(C)C. The van der Waals surface area contributed by atoms with Crippen molar-refractivity contribution >= 4 is 20.0 Å². The molecule has 0 aliphatic carbocycles. The van der Waals surface area contributed by atoms with Crippen LogP contribution in [0.4, 0.5) is 0 Å². The van der Waals surface area contributed by atoms with E-state index in [1.54, 1.807) is 27.7 Å². The second-order valence-corrected chi connectivity index (χ2v) is 13.1. The molecule has 0 amide bonds. The van der Waals surface area contributed by atoms with Crippen LogP contribution < -0.4 is 14.2 Å². The second-order valence-electron chi connectivity index (χ2n) is 9.76. The molecule has 0 spiro atoms. The number of hydrogen-bond donors (Lipinski definition) is 2. The third kappa shape index (κ3) is 9.12. The van der Waals surface area contributed by atoms with Gasteiger partial charge in [-0.3, -0.25) is 0 Å². The maximum Gasteiger partial charge on any atom is 0.246 e. The first kappa shape index (κ1) is 31.7. The Labute approximate surface area is 238 Å². The molecule has 218 valence electrons. The van der Waals surface area contributed by atoms with Gasteiger partial charge in [0.15, 0.2) is 5.75 Å². The molecule has 0 bridgehead atoms. The Morgan fingerprint density at radius 3 is 1.30 bits per heavy atom. The van der Waals surface area contributed by atoms with Gasteiger partial charge < -0.3 is 14.2 Å². The molecule has 3 rings (SSSR count). The van der Waals surface area contributed by atoms with Gasteiger partial charge in [-0.2, -0.15) is 9.44 Å². The summed E-state index contributed by atoms with van der Waals surface area (Å²) in [5.41, 5.74) is 1.75.